The fourth-order valence-corrected chi connectivity index (χ4v) is 3.05. The number of nitrogens with zero attached hydrogens (tertiary/aromatic N) is 2. The molecule has 1 aromatic rings. The van der Waals surface area contributed by atoms with Gasteiger partial charge >= 0.3 is 0 Å². The molecule has 1 unspecified atom stereocenters. The highest BCUT2D eigenvalue weighted by Gasteiger charge is 2.20. The second-order valence-electron chi connectivity index (χ2n) is 6.47. The van der Waals surface area contributed by atoms with Gasteiger partial charge in [0, 0.05) is 20.2 Å². The number of rotatable bonds is 6. The van der Waals surface area contributed by atoms with E-state index in [0.29, 0.717) is 19.0 Å². The number of halogens is 1. The Bertz CT molecular complexity index is 553. The van der Waals surface area contributed by atoms with E-state index in [1.54, 1.807) is 24.1 Å². The van der Waals surface area contributed by atoms with Crippen molar-refractivity contribution in [1.82, 2.24) is 9.80 Å². The molecule has 134 valence electrons. The van der Waals surface area contributed by atoms with Gasteiger partial charge in [-0.15, -0.1) is 0 Å². The second kappa shape index (κ2) is 8.99. The topological polar surface area (TPSA) is 53.0 Å². The zero-order chi connectivity index (χ0) is 17.5. The Balaban J connectivity index is 1.86. The van der Waals surface area contributed by atoms with E-state index in [-0.39, 0.29) is 18.3 Å². The fraction of sp³-hybridized carbons (Fsp3) is 0.611. The fourth-order valence-electron chi connectivity index (χ4n) is 3.05. The van der Waals surface area contributed by atoms with Gasteiger partial charge < -0.3 is 14.7 Å². The normalized spacial score (nSPS) is 18.9. The van der Waals surface area contributed by atoms with Crippen LogP contribution in [-0.2, 0) is 11.3 Å². The zero-order valence-corrected chi connectivity index (χ0v) is 14.5. The summed E-state index contributed by atoms with van der Waals surface area (Å²) < 4.78 is 18.6. The Labute approximate surface area is 143 Å². The molecule has 1 heterocycles. The van der Waals surface area contributed by atoms with Crippen molar-refractivity contribution in [2.75, 3.05) is 40.4 Å². The van der Waals surface area contributed by atoms with Crippen molar-refractivity contribution < 1.29 is 19.0 Å². The maximum Gasteiger partial charge on any atom is 0.236 e. The van der Waals surface area contributed by atoms with Crippen LogP contribution in [0.15, 0.2) is 18.2 Å². The summed E-state index contributed by atoms with van der Waals surface area (Å²) in [4.78, 5) is 16.2. The van der Waals surface area contributed by atoms with Gasteiger partial charge in [-0.05, 0) is 56.0 Å². The average Bonchev–Trinajstić information content (AvgIpc) is 2.80. The molecule has 1 saturated heterocycles. The second-order valence-corrected chi connectivity index (χ2v) is 6.47. The van der Waals surface area contributed by atoms with Crippen LogP contribution in [-0.4, -0.2) is 61.2 Å². The van der Waals surface area contributed by atoms with E-state index in [4.69, 9.17) is 4.74 Å². The predicted octanol–water partition coefficient (Wildman–Crippen LogP) is 1.89. The monoisotopic (exact) mass is 338 g/mol. The van der Waals surface area contributed by atoms with Crippen LogP contribution in [0.3, 0.4) is 0 Å². The van der Waals surface area contributed by atoms with Crippen LogP contribution >= 0.6 is 0 Å². The molecule has 0 aromatic heterocycles. The van der Waals surface area contributed by atoms with Crippen molar-refractivity contribution in [3.8, 4) is 5.75 Å². The molecule has 0 saturated carbocycles. The molecule has 1 fully saturated rings. The van der Waals surface area contributed by atoms with E-state index in [1.165, 1.54) is 13.2 Å². The summed E-state index contributed by atoms with van der Waals surface area (Å²) in [5, 5.41) is 9.26. The van der Waals surface area contributed by atoms with Gasteiger partial charge in [0.2, 0.25) is 5.91 Å². The summed E-state index contributed by atoms with van der Waals surface area (Å²) >= 11 is 0. The third-order valence-electron chi connectivity index (χ3n) is 4.62. The highest BCUT2D eigenvalue weighted by molar-refractivity contribution is 5.78. The Morgan fingerprint density at radius 1 is 1.42 bits per heavy atom. The first-order valence-corrected chi connectivity index (χ1v) is 8.43. The van der Waals surface area contributed by atoms with Crippen molar-refractivity contribution in [2.24, 2.45) is 5.92 Å². The number of aliphatic hydroxyl groups excluding tert-OH is 1. The number of amides is 1. The molecule has 1 aromatic carbocycles. The highest BCUT2D eigenvalue weighted by Crippen LogP contribution is 2.19. The van der Waals surface area contributed by atoms with Crippen LogP contribution in [0.5, 0.6) is 5.75 Å². The van der Waals surface area contributed by atoms with Gasteiger partial charge in [-0.25, -0.2) is 4.39 Å². The van der Waals surface area contributed by atoms with Crippen molar-refractivity contribution >= 4 is 5.91 Å². The van der Waals surface area contributed by atoms with Gasteiger partial charge in [0.25, 0.3) is 0 Å². The van der Waals surface area contributed by atoms with Gasteiger partial charge in [0.15, 0.2) is 11.6 Å². The maximum absolute atomic E-state index is 13.7. The van der Waals surface area contributed by atoms with E-state index in [2.05, 4.69) is 4.90 Å². The molecule has 1 amide bonds. The molecule has 0 radical (unpaired) electrons. The molecule has 2 rings (SSSR count). The third-order valence-corrected chi connectivity index (χ3v) is 4.62. The van der Waals surface area contributed by atoms with Gasteiger partial charge in [0.05, 0.1) is 13.7 Å². The molecule has 0 aliphatic carbocycles. The Hall–Kier alpha value is -1.66. The molecule has 0 bridgehead atoms. The molecule has 24 heavy (non-hydrogen) atoms. The summed E-state index contributed by atoms with van der Waals surface area (Å²) in [6, 6.07) is 4.75. The van der Waals surface area contributed by atoms with Gasteiger partial charge in [-0.1, -0.05) is 6.07 Å². The number of benzene rings is 1. The molecule has 6 heteroatoms. The summed E-state index contributed by atoms with van der Waals surface area (Å²) in [6.07, 6.45) is 2.95. The number of likely N-dealkylation sites (tertiary alicyclic amines) is 1. The van der Waals surface area contributed by atoms with Gasteiger partial charge in [-0.2, -0.15) is 0 Å². The average molecular weight is 338 g/mol. The van der Waals surface area contributed by atoms with Gasteiger partial charge in [0.1, 0.15) is 0 Å². The first kappa shape index (κ1) is 18.7. The highest BCUT2D eigenvalue weighted by atomic mass is 19.1. The number of aliphatic hydroxyl groups is 1. The van der Waals surface area contributed by atoms with Crippen LogP contribution in [0.1, 0.15) is 24.8 Å². The lowest BCUT2D eigenvalue weighted by molar-refractivity contribution is -0.131. The molecule has 1 aliphatic heterocycles. The SMILES string of the molecule is COc1ccc(CN(C)C(=O)CN2CCCC(CO)CC2)cc1F. The van der Waals surface area contributed by atoms with Crippen LogP contribution in [0.4, 0.5) is 4.39 Å². The standard InChI is InChI=1S/C18H27FN2O3/c1-20(11-15-5-6-17(24-2)16(19)10-15)18(23)12-21-8-3-4-14(13-22)7-9-21/h5-6,10,14,22H,3-4,7-9,11-13H2,1-2H3. The third kappa shape index (κ3) is 5.18. The Kier molecular flexibility index (Phi) is 6.99. The lowest BCUT2D eigenvalue weighted by Gasteiger charge is -2.24. The lowest BCUT2D eigenvalue weighted by atomic mass is 10.0. The minimum Gasteiger partial charge on any atom is -0.494 e. The predicted molar refractivity (Wildman–Crippen MR) is 90.3 cm³/mol. The van der Waals surface area contributed by atoms with Crippen LogP contribution in [0.2, 0.25) is 0 Å². The van der Waals surface area contributed by atoms with Crippen LogP contribution in [0, 0.1) is 11.7 Å². The molecule has 0 spiro atoms. The summed E-state index contributed by atoms with van der Waals surface area (Å²) in [7, 11) is 3.16. The largest absolute Gasteiger partial charge is 0.494 e. The first-order chi connectivity index (χ1) is 11.5. The first-order valence-electron chi connectivity index (χ1n) is 8.43. The van der Waals surface area contributed by atoms with E-state index in [0.717, 1.165) is 37.9 Å². The van der Waals surface area contributed by atoms with Crippen LogP contribution in [0.25, 0.3) is 0 Å². The van der Waals surface area contributed by atoms with E-state index >= 15 is 0 Å². The molecular formula is C18H27FN2O3. The minimum absolute atomic E-state index is 0.0219. The van der Waals surface area contributed by atoms with Crippen molar-refractivity contribution in [3.05, 3.63) is 29.6 Å². The smallest absolute Gasteiger partial charge is 0.236 e. The number of hydrogen-bond donors (Lipinski definition) is 1. The minimum atomic E-state index is -0.418. The van der Waals surface area contributed by atoms with E-state index in [9.17, 15) is 14.3 Å². The van der Waals surface area contributed by atoms with E-state index < -0.39 is 5.82 Å². The van der Waals surface area contributed by atoms with Crippen molar-refractivity contribution in [1.29, 1.82) is 0 Å². The Morgan fingerprint density at radius 3 is 2.88 bits per heavy atom. The number of methoxy groups -OCH3 is 1. The summed E-state index contributed by atoms with van der Waals surface area (Å²) in [5.74, 6) is 0.160. The van der Waals surface area contributed by atoms with Crippen LogP contribution < -0.4 is 4.74 Å². The maximum atomic E-state index is 13.7. The number of hydrogen-bond acceptors (Lipinski definition) is 4. The van der Waals surface area contributed by atoms with Crippen molar-refractivity contribution in [2.45, 2.75) is 25.8 Å². The summed E-state index contributed by atoms with van der Waals surface area (Å²) in [5.41, 5.74) is 0.736. The quantitative estimate of drug-likeness (QED) is 0.861. The number of ether oxygens (including phenoxy) is 1. The summed E-state index contributed by atoms with van der Waals surface area (Å²) in [6.45, 7) is 2.68. The van der Waals surface area contributed by atoms with Gasteiger partial charge in [-0.3, -0.25) is 9.69 Å². The van der Waals surface area contributed by atoms with E-state index in [1.807, 2.05) is 0 Å². The lowest BCUT2D eigenvalue weighted by Crippen LogP contribution is -2.38. The molecule has 1 atom stereocenters. The number of carbonyl (C=O) groups excluding carboxylic acids is 1. The molecular weight excluding hydrogens is 311 g/mol. The Morgan fingerprint density at radius 2 is 2.21 bits per heavy atom. The zero-order valence-electron chi connectivity index (χ0n) is 14.5. The molecule has 1 aliphatic rings. The number of carbonyl (C=O) groups is 1. The van der Waals surface area contributed by atoms with Crippen molar-refractivity contribution in [3.63, 3.8) is 0 Å². The number of likely N-dealkylation sites (N-methyl/N-ethyl adjacent to an activating group) is 1. The molecule has 1 N–H and O–H groups in total. The molecule has 5 nitrogen and oxygen atoms in total.